The van der Waals surface area contributed by atoms with Crippen LogP contribution in [0.2, 0.25) is 0 Å². The molecule has 0 rings (SSSR count). The lowest BCUT2D eigenvalue weighted by atomic mass is 9.78. The van der Waals surface area contributed by atoms with Crippen molar-refractivity contribution in [3.8, 4) is 0 Å². The van der Waals surface area contributed by atoms with Gasteiger partial charge in [0.15, 0.2) is 0 Å². The van der Waals surface area contributed by atoms with E-state index in [0.29, 0.717) is 11.8 Å². The van der Waals surface area contributed by atoms with Crippen LogP contribution in [0, 0.1) is 11.8 Å². The number of rotatable bonds is 8. The van der Waals surface area contributed by atoms with E-state index in [1.165, 1.54) is 19.3 Å². The van der Waals surface area contributed by atoms with Crippen LogP contribution < -0.4 is 0 Å². The number of hydrogen-bond donors (Lipinski definition) is 0. The Morgan fingerprint density at radius 1 is 1.13 bits per heavy atom. The molecule has 0 fully saturated rings. The Morgan fingerprint density at radius 3 is 2.07 bits per heavy atom. The molecule has 0 heterocycles. The Kier molecular flexibility index (Phi) is 7.61. The van der Waals surface area contributed by atoms with Gasteiger partial charge in [0.05, 0.1) is 8.46 Å². The minimum absolute atomic E-state index is 0.129. The van der Waals surface area contributed by atoms with Gasteiger partial charge in [0.2, 0.25) is 0 Å². The van der Waals surface area contributed by atoms with Gasteiger partial charge in [0.25, 0.3) is 0 Å². The summed E-state index contributed by atoms with van der Waals surface area (Å²) in [6, 6.07) is 0. The van der Waals surface area contributed by atoms with Crippen molar-refractivity contribution in [2.45, 2.75) is 71.9 Å². The van der Waals surface area contributed by atoms with E-state index in [4.69, 9.17) is 0 Å². The van der Waals surface area contributed by atoms with E-state index in [0.717, 1.165) is 12.8 Å². The molecule has 0 bridgehead atoms. The van der Waals surface area contributed by atoms with E-state index < -0.39 is 8.46 Å². The van der Waals surface area contributed by atoms with Crippen LogP contribution in [0.4, 0.5) is 0 Å². The fraction of sp³-hybridized carbons (Fsp3) is 1.00. The summed E-state index contributed by atoms with van der Waals surface area (Å²) < 4.78 is 11.7. The van der Waals surface area contributed by atoms with Crippen molar-refractivity contribution in [2.24, 2.45) is 11.8 Å². The van der Waals surface area contributed by atoms with Crippen molar-refractivity contribution < 1.29 is 4.57 Å². The van der Waals surface area contributed by atoms with E-state index in [1.54, 1.807) is 0 Å². The molecule has 0 aliphatic heterocycles. The van der Waals surface area contributed by atoms with E-state index in [9.17, 15) is 4.57 Å². The second kappa shape index (κ2) is 7.49. The third-order valence-corrected chi connectivity index (χ3v) is 6.00. The molecule has 92 valence electrons. The number of unbranched alkanes of at least 4 members (excludes halogenated alkanes) is 2. The van der Waals surface area contributed by atoms with Crippen LogP contribution in [0.1, 0.15) is 66.7 Å². The lowest BCUT2D eigenvalue weighted by Crippen LogP contribution is -2.36. The zero-order valence-electron chi connectivity index (χ0n) is 11.2. The van der Waals surface area contributed by atoms with Gasteiger partial charge < -0.3 is 4.57 Å². The first-order valence-corrected chi connectivity index (χ1v) is 7.56. The summed E-state index contributed by atoms with van der Waals surface area (Å²) in [7, 11) is -0.657. The van der Waals surface area contributed by atoms with Crippen LogP contribution in [0.15, 0.2) is 0 Å². The molecule has 0 aliphatic rings. The van der Waals surface area contributed by atoms with Crippen LogP contribution in [0.5, 0.6) is 0 Å². The summed E-state index contributed by atoms with van der Waals surface area (Å²) in [6.07, 6.45) is 6.09. The van der Waals surface area contributed by atoms with E-state index >= 15 is 0 Å². The predicted molar refractivity (Wildman–Crippen MR) is 71.6 cm³/mol. The molecule has 1 nitrogen and oxygen atoms in total. The van der Waals surface area contributed by atoms with Gasteiger partial charge in [-0.2, -0.15) is 0 Å². The molecule has 0 radical (unpaired) electrons. The first-order valence-electron chi connectivity index (χ1n) is 6.51. The summed E-state index contributed by atoms with van der Waals surface area (Å²) >= 11 is 0. The van der Waals surface area contributed by atoms with Crippen molar-refractivity contribution in [1.82, 2.24) is 0 Å². The SMILES string of the molecule is CCCCCC([PH2]=O)(C(C)C)C(C)CC. The molecule has 0 saturated carbocycles. The van der Waals surface area contributed by atoms with Gasteiger partial charge in [-0.25, -0.2) is 0 Å². The molecular formula is C13H29OP. The molecule has 0 aromatic carbocycles. The molecule has 2 heteroatoms. The van der Waals surface area contributed by atoms with Crippen LogP contribution in [-0.4, -0.2) is 5.16 Å². The average Bonchev–Trinajstić information content (AvgIpc) is 2.23. The average molecular weight is 232 g/mol. The predicted octanol–water partition coefficient (Wildman–Crippen LogP) is 4.76. The number of hydrogen-bond acceptors (Lipinski definition) is 1. The van der Waals surface area contributed by atoms with Crippen molar-refractivity contribution in [3.63, 3.8) is 0 Å². The van der Waals surface area contributed by atoms with Crippen molar-refractivity contribution in [2.75, 3.05) is 0 Å². The Balaban J connectivity index is 4.58. The summed E-state index contributed by atoms with van der Waals surface area (Å²) in [6.45, 7) is 11.2. The summed E-state index contributed by atoms with van der Waals surface area (Å²) in [5, 5.41) is 0.129. The lowest BCUT2D eigenvalue weighted by Gasteiger charge is -2.38. The normalized spacial score (nSPS) is 18.5. The molecule has 0 saturated heterocycles. The maximum atomic E-state index is 11.7. The quantitative estimate of drug-likeness (QED) is 0.435. The summed E-state index contributed by atoms with van der Waals surface area (Å²) in [5.41, 5.74) is 0. The Labute approximate surface area is 97.2 Å². The molecule has 0 N–H and O–H groups in total. The maximum Gasteiger partial charge on any atom is 0.0709 e. The fourth-order valence-electron chi connectivity index (χ4n) is 2.48. The second-order valence-corrected chi connectivity index (χ2v) is 6.46. The zero-order chi connectivity index (χ0) is 11.9. The highest BCUT2D eigenvalue weighted by Crippen LogP contribution is 2.44. The van der Waals surface area contributed by atoms with Gasteiger partial charge >= 0.3 is 0 Å². The first-order chi connectivity index (χ1) is 7.05. The summed E-state index contributed by atoms with van der Waals surface area (Å²) in [4.78, 5) is 0. The fourth-order valence-corrected chi connectivity index (χ4v) is 3.54. The van der Waals surface area contributed by atoms with E-state index in [2.05, 4.69) is 34.6 Å². The highest BCUT2D eigenvalue weighted by Gasteiger charge is 2.36. The summed E-state index contributed by atoms with van der Waals surface area (Å²) in [5.74, 6) is 1.15. The molecule has 3 atom stereocenters. The van der Waals surface area contributed by atoms with Crippen molar-refractivity contribution in [1.29, 1.82) is 0 Å². The van der Waals surface area contributed by atoms with E-state index in [-0.39, 0.29) is 5.16 Å². The van der Waals surface area contributed by atoms with Gasteiger partial charge in [-0.1, -0.05) is 60.3 Å². The van der Waals surface area contributed by atoms with Crippen LogP contribution >= 0.6 is 8.46 Å². The van der Waals surface area contributed by atoms with Crippen molar-refractivity contribution >= 4 is 8.46 Å². The van der Waals surface area contributed by atoms with Gasteiger partial charge in [-0.05, 0) is 18.3 Å². The molecule has 3 unspecified atom stereocenters. The monoisotopic (exact) mass is 232 g/mol. The third kappa shape index (κ3) is 3.94. The lowest BCUT2D eigenvalue weighted by molar-refractivity contribution is 0.273. The smallest absolute Gasteiger partial charge is 0.0709 e. The molecule has 0 amide bonds. The molecule has 0 spiro atoms. The first kappa shape index (κ1) is 15.2. The topological polar surface area (TPSA) is 17.1 Å². The molecule has 0 aromatic rings. The molecule has 0 aliphatic carbocycles. The minimum atomic E-state index is -0.657. The van der Waals surface area contributed by atoms with Crippen LogP contribution in [-0.2, 0) is 4.57 Å². The maximum absolute atomic E-state index is 11.7. The van der Waals surface area contributed by atoms with Crippen LogP contribution in [0.3, 0.4) is 0 Å². The highest BCUT2D eigenvalue weighted by atomic mass is 31.1. The second-order valence-electron chi connectivity index (χ2n) is 5.15. The minimum Gasteiger partial charge on any atom is -0.330 e. The van der Waals surface area contributed by atoms with Crippen LogP contribution in [0.25, 0.3) is 0 Å². The molecule has 0 aromatic heterocycles. The Morgan fingerprint density at radius 2 is 1.73 bits per heavy atom. The highest BCUT2D eigenvalue weighted by molar-refractivity contribution is 7.26. The third-order valence-electron chi connectivity index (χ3n) is 4.04. The van der Waals surface area contributed by atoms with Gasteiger partial charge in [0.1, 0.15) is 0 Å². The van der Waals surface area contributed by atoms with Gasteiger partial charge in [-0.15, -0.1) is 0 Å². The Bertz CT molecular complexity index is 179. The largest absolute Gasteiger partial charge is 0.330 e. The standard InChI is InChI=1S/C13H29OP/c1-6-8-9-10-13(15-14,11(3)4)12(5)7-2/h11-12H,6-10,15H2,1-5H3. The van der Waals surface area contributed by atoms with Gasteiger partial charge in [0, 0.05) is 5.16 Å². The van der Waals surface area contributed by atoms with Gasteiger partial charge in [-0.3, -0.25) is 0 Å². The van der Waals surface area contributed by atoms with Crippen molar-refractivity contribution in [3.05, 3.63) is 0 Å². The molecule has 15 heavy (non-hydrogen) atoms. The molecular weight excluding hydrogens is 203 g/mol. The Hall–Kier alpha value is 0.230. The zero-order valence-corrected chi connectivity index (χ0v) is 12.3. The van der Waals surface area contributed by atoms with E-state index in [1.807, 2.05) is 0 Å².